The molecule has 0 aromatic heterocycles. The maximum atomic E-state index is 13.5. The van der Waals surface area contributed by atoms with Crippen LogP contribution in [0.5, 0.6) is 0 Å². The van der Waals surface area contributed by atoms with Crippen molar-refractivity contribution in [3.05, 3.63) is 48.6 Å². The highest BCUT2D eigenvalue weighted by Crippen LogP contribution is 2.43. The second-order valence-electron chi connectivity index (χ2n) is 26.0. The first-order valence-corrected chi connectivity index (χ1v) is 40.0. The van der Waals surface area contributed by atoms with E-state index in [1.165, 1.54) is 154 Å². The minimum Gasteiger partial charge on any atom is -0.462 e. The zero-order valence-corrected chi connectivity index (χ0v) is 60.5. The van der Waals surface area contributed by atoms with Gasteiger partial charge in [-0.1, -0.05) is 282 Å². The number of hydrogen-bond acceptors (Lipinski definition) is 11. The van der Waals surface area contributed by atoms with Gasteiger partial charge < -0.3 is 23.8 Å². The number of allylic oxidation sites excluding steroid dienone is 8. The van der Waals surface area contributed by atoms with Crippen molar-refractivity contribution in [3.63, 3.8) is 0 Å². The van der Waals surface area contributed by atoms with Gasteiger partial charge in [-0.05, 0) is 128 Å². The molecule has 0 fully saturated rings. The summed E-state index contributed by atoms with van der Waals surface area (Å²) < 4.78 is 46.8. The first kappa shape index (κ1) is 88.0. The number of phosphoric ester groups is 1. The van der Waals surface area contributed by atoms with Crippen LogP contribution in [0.25, 0.3) is 0 Å². The predicted molar refractivity (Wildman–Crippen MR) is 381 cm³/mol. The molecule has 0 rings (SSSR count). The van der Waals surface area contributed by atoms with Crippen molar-refractivity contribution in [2.75, 3.05) is 26.4 Å². The number of unbranched alkanes of at least 4 members (excludes halogenated alkanes) is 44. The Morgan fingerprint density at radius 2 is 0.462 bits per heavy atom. The summed E-state index contributed by atoms with van der Waals surface area (Å²) in [6, 6.07) is 0. The van der Waals surface area contributed by atoms with E-state index in [1.54, 1.807) is 0 Å². The highest BCUT2D eigenvalue weighted by atomic mass is 31.2. The summed E-state index contributed by atoms with van der Waals surface area (Å²) in [6.45, 7) is 7.10. The zero-order chi connectivity index (χ0) is 66.3. The van der Waals surface area contributed by atoms with E-state index < -0.39 is 57.1 Å². The number of hydrogen-bond donors (Lipinski definition) is 1. The summed E-state index contributed by atoms with van der Waals surface area (Å²) in [5.41, 5.74) is 0. The number of rotatable bonds is 72. The van der Waals surface area contributed by atoms with Crippen LogP contribution in [0.1, 0.15) is 387 Å². The summed E-state index contributed by atoms with van der Waals surface area (Å²) in [4.78, 5) is 63.1. The van der Waals surface area contributed by atoms with E-state index in [-0.39, 0.29) is 38.9 Å². The molecule has 0 unspecified atom stereocenters. The topological polar surface area (TPSA) is 161 Å². The normalized spacial score (nSPS) is 12.7. The van der Waals surface area contributed by atoms with E-state index in [0.29, 0.717) is 25.7 Å². The molecule has 0 radical (unpaired) electrons. The van der Waals surface area contributed by atoms with Gasteiger partial charge >= 0.3 is 31.7 Å². The van der Waals surface area contributed by atoms with Gasteiger partial charge in [0.05, 0.1) is 13.2 Å². The average molecular weight is 1300 g/mol. The van der Waals surface area contributed by atoms with Crippen molar-refractivity contribution in [2.24, 2.45) is 0 Å². The van der Waals surface area contributed by atoms with E-state index in [4.69, 9.17) is 28.0 Å². The molecule has 2 atom stereocenters. The van der Waals surface area contributed by atoms with Gasteiger partial charge in [0.2, 0.25) is 0 Å². The van der Waals surface area contributed by atoms with E-state index in [0.717, 1.165) is 154 Å². The molecule has 0 aliphatic carbocycles. The molecule has 0 heterocycles. The number of carbonyl (C=O) groups excluding carboxylic acids is 4. The third-order valence-corrected chi connectivity index (χ3v) is 17.8. The second-order valence-corrected chi connectivity index (χ2v) is 27.4. The van der Waals surface area contributed by atoms with Crippen LogP contribution in [0, 0.1) is 0 Å². The molecule has 0 bridgehead atoms. The molecular formula is C78H143O12P. The van der Waals surface area contributed by atoms with Crippen molar-refractivity contribution in [3.8, 4) is 0 Å². The SMILES string of the molecule is CCCCCCCC/C=C/CCCCCCCC(=O)OC[C@@H](COP(=O)(O)OC[C@H](COC(=O)CCCCCCC/C=C/CCCCCCCC)OC(=O)CCCCCCC/C=C/CCCCCCCC)OC(=O)CCCCCCC/C=C/CCCCCCCC. The fourth-order valence-electron chi connectivity index (χ4n) is 11.0. The zero-order valence-electron chi connectivity index (χ0n) is 59.6. The minimum absolute atomic E-state index is 0.144. The third-order valence-electron chi connectivity index (χ3n) is 16.9. The monoisotopic (exact) mass is 1300 g/mol. The fraction of sp³-hybridized carbons (Fsp3) is 0.846. The number of esters is 4. The molecule has 0 saturated carbocycles. The van der Waals surface area contributed by atoms with Crippen LogP contribution < -0.4 is 0 Å². The van der Waals surface area contributed by atoms with Gasteiger partial charge in [0.15, 0.2) is 12.2 Å². The summed E-state index contributed by atoms with van der Waals surface area (Å²) in [5.74, 6) is -1.93. The van der Waals surface area contributed by atoms with E-state index in [1.807, 2.05) is 0 Å². The summed E-state index contributed by atoms with van der Waals surface area (Å²) in [7, 11) is -4.86. The van der Waals surface area contributed by atoms with Crippen LogP contribution in [0.4, 0.5) is 0 Å². The maximum Gasteiger partial charge on any atom is 0.472 e. The van der Waals surface area contributed by atoms with Crippen molar-refractivity contribution >= 4 is 31.7 Å². The highest BCUT2D eigenvalue weighted by molar-refractivity contribution is 7.47. The lowest BCUT2D eigenvalue weighted by molar-refractivity contribution is -0.162. The Hall–Kier alpha value is -3.05. The van der Waals surface area contributed by atoms with Gasteiger partial charge in [-0.15, -0.1) is 0 Å². The molecule has 0 aliphatic heterocycles. The Bertz CT molecular complexity index is 1660. The maximum absolute atomic E-state index is 13.5. The molecule has 0 aliphatic rings. The molecule has 0 aromatic carbocycles. The summed E-state index contributed by atoms with van der Waals surface area (Å²) >= 11 is 0. The molecule has 532 valence electrons. The van der Waals surface area contributed by atoms with Crippen molar-refractivity contribution < 1.29 is 56.6 Å². The van der Waals surface area contributed by atoms with Gasteiger partial charge in [0, 0.05) is 25.7 Å². The van der Waals surface area contributed by atoms with Crippen LogP contribution >= 0.6 is 7.82 Å². The van der Waals surface area contributed by atoms with Crippen LogP contribution in [0.2, 0.25) is 0 Å². The van der Waals surface area contributed by atoms with Crippen LogP contribution in [-0.4, -0.2) is 67.4 Å². The van der Waals surface area contributed by atoms with Crippen molar-refractivity contribution in [1.82, 2.24) is 0 Å². The lowest BCUT2D eigenvalue weighted by atomic mass is 10.1. The van der Waals surface area contributed by atoms with E-state index in [2.05, 4.69) is 76.3 Å². The first-order valence-electron chi connectivity index (χ1n) is 38.5. The second kappa shape index (κ2) is 71.2. The fourth-order valence-corrected chi connectivity index (χ4v) is 11.8. The molecule has 12 nitrogen and oxygen atoms in total. The first-order chi connectivity index (χ1) is 44.6. The van der Waals surface area contributed by atoms with Crippen LogP contribution in [0.3, 0.4) is 0 Å². The quantitative estimate of drug-likeness (QED) is 0.0202. The lowest BCUT2D eigenvalue weighted by Crippen LogP contribution is -2.31. The molecule has 1 N–H and O–H groups in total. The molecule has 91 heavy (non-hydrogen) atoms. The summed E-state index contributed by atoms with van der Waals surface area (Å²) in [6.07, 6.45) is 75.9. The van der Waals surface area contributed by atoms with Crippen LogP contribution in [-0.2, 0) is 51.7 Å². The average Bonchev–Trinajstić information content (AvgIpc) is 2.71. The van der Waals surface area contributed by atoms with Gasteiger partial charge in [-0.25, -0.2) is 4.57 Å². The van der Waals surface area contributed by atoms with Gasteiger partial charge in [0.1, 0.15) is 13.2 Å². The Kier molecular flexibility index (Phi) is 68.9. The van der Waals surface area contributed by atoms with E-state index in [9.17, 15) is 28.6 Å². The Morgan fingerprint density at radius 1 is 0.275 bits per heavy atom. The predicted octanol–water partition coefficient (Wildman–Crippen LogP) is 24.2. The third kappa shape index (κ3) is 69.6. The summed E-state index contributed by atoms with van der Waals surface area (Å²) in [5, 5.41) is 0. The highest BCUT2D eigenvalue weighted by Gasteiger charge is 2.29. The smallest absolute Gasteiger partial charge is 0.462 e. The van der Waals surface area contributed by atoms with E-state index >= 15 is 0 Å². The van der Waals surface area contributed by atoms with Crippen molar-refractivity contribution in [1.29, 1.82) is 0 Å². The number of phosphoric acid groups is 1. The molecule has 0 saturated heterocycles. The Balaban J connectivity index is 5.40. The standard InChI is InChI=1S/C78H143O12P/c1-5-9-13-17-21-25-29-33-37-41-45-49-53-57-61-65-75(79)85-69-73(89-77(81)67-63-59-55-51-47-43-39-35-31-27-23-19-15-11-7-3)71-87-91(83,84)88-72-74(90-78(82)68-64-60-56-52-48-44-40-36-32-28-24-20-16-12-8-4)70-86-76(80)66-62-58-54-50-46-42-38-34-30-26-22-18-14-10-6-2/h33-40,73-74H,5-32,41-72H2,1-4H3,(H,83,84)/b37-33+,38-34+,39-35+,40-36+/t73-,74-/m0/s1. The van der Waals surface area contributed by atoms with Crippen LogP contribution in [0.15, 0.2) is 48.6 Å². The van der Waals surface area contributed by atoms with Gasteiger partial charge in [-0.3, -0.25) is 28.2 Å². The largest absolute Gasteiger partial charge is 0.472 e. The molecule has 13 heteroatoms. The van der Waals surface area contributed by atoms with Gasteiger partial charge in [0.25, 0.3) is 0 Å². The minimum atomic E-state index is -4.86. The molecular weight excluding hydrogens is 1160 g/mol. The number of ether oxygens (including phenoxy) is 4. The molecule has 0 spiro atoms. The van der Waals surface area contributed by atoms with Gasteiger partial charge in [-0.2, -0.15) is 0 Å². The lowest BCUT2D eigenvalue weighted by Gasteiger charge is -2.22. The molecule has 0 amide bonds. The number of carbonyl (C=O) groups is 4. The Morgan fingerprint density at radius 3 is 0.681 bits per heavy atom. The molecule has 0 aromatic rings. The Labute approximate surface area is 560 Å². The van der Waals surface area contributed by atoms with Crippen molar-refractivity contribution in [2.45, 2.75) is 399 Å².